The van der Waals surface area contributed by atoms with Crippen molar-refractivity contribution in [3.8, 4) is 11.5 Å². The number of anilines is 1. The number of aromatic nitrogens is 2. The SMILES string of the molecule is CCc1cc(=O)[nH]c(NC2CCN(S(=O)(=O)c3ccc4c(c3)OCCO4)CC2)n1. The van der Waals surface area contributed by atoms with Crippen LogP contribution < -0.4 is 20.3 Å². The van der Waals surface area contributed by atoms with E-state index >= 15 is 0 Å². The van der Waals surface area contributed by atoms with Gasteiger partial charge in [-0.05, 0) is 31.4 Å². The maximum Gasteiger partial charge on any atom is 0.252 e. The fraction of sp³-hybridized carbons (Fsp3) is 0.474. The van der Waals surface area contributed by atoms with Gasteiger partial charge in [0.05, 0.1) is 4.90 Å². The molecule has 9 nitrogen and oxygen atoms in total. The molecule has 2 N–H and O–H groups in total. The van der Waals surface area contributed by atoms with Crippen LogP contribution in [-0.2, 0) is 16.4 Å². The topological polar surface area (TPSA) is 114 Å². The molecule has 1 aromatic carbocycles. The molecule has 0 aliphatic carbocycles. The van der Waals surface area contributed by atoms with E-state index in [2.05, 4.69) is 15.3 Å². The van der Waals surface area contributed by atoms with Crippen LogP contribution in [0.15, 0.2) is 34.0 Å². The van der Waals surface area contributed by atoms with Gasteiger partial charge < -0.3 is 14.8 Å². The van der Waals surface area contributed by atoms with Crippen LogP contribution in [0.3, 0.4) is 0 Å². The number of hydrogen-bond acceptors (Lipinski definition) is 7. The van der Waals surface area contributed by atoms with Crippen LogP contribution in [0.25, 0.3) is 0 Å². The lowest BCUT2D eigenvalue weighted by Crippen LogP contribution is -2.42. The predicted molar refractivity (Wildman–Crippen MR) is 107 cm³/mol. The van der Waals surface area contributed by atoms with Gasteiger partial charge in [0, 0.05) is 37.0 Å². The Balaban J connectivity index is 1.42. The molecule has 0 radical (unpaired) electrons. The number of ether oxygens (including phenoxy) is 2. The van der Waals surface area contributed by atoms with E-state index in [-0.39, 0.29) is 16.5 Å². The molecule has 0 spiro atoms. The molecule has 2 aliphatic rings. The number of piperidine rings is 1. The third-order valence-corrected chi connectivity index (χ3v) is 7.00. The van der Waals surface area contributed by atoms with Crippen LogP contribution in [-0.4, -0.2) is 55.0 Å². The Kier molecular flexibility index (Phi) is 5.46. The second-order valence-corrected chi connectivity index (χ2v) is 9.00. The van der Waals surface area contributed by atoms with Gasteiger partial charge in [0.15, 0.2) is 11.5 Å². The molecule has 1 fully saturated rings. The van der Waals surface area contributed by atoms with Crippen molar-refractivity contribution >= 4 is 16.0 Å². The van der Waals surface area contributed by atoms with Gasteiger partial charge in [-0.15, -0.1) is 0 Å². The Hall–Kier alpha value is -2.59. The lowest BCUT2D eigenvalue weighted by atomic mass is 10.1. The highest BCUT2D eigenvalue weighted by Gasteiger charge is 2.30. The summed E-state index contributed by atoms with van der Waals surface area (Å²) in [6.07, 6.45) is 1.90. The van der Waals surface area contributed by atoms with Crippen LogP contribution in [0.5, 0.6) is 11.5 Å². The second kappa shape index (κ2) is 8.03. The predicted octanol–water partition coefficient (Wildman–Crippen LogP) is 1.37. The van der Waals surface area contributed by atoms with Gasteiger partial charge in [-0.25, -0.2) is 13.4 Å². The molecular formula is C19H24N4O5S. The largest absolute Gasteiger partial charge is 0.486 e. The molecule has 2 aliphatic heterocycles. The number of H-pyrrole nitrogens is 1. The monoisotopic (exact) mass is 420 g/mol. The van der Waals surface area contributed by atoms with Crippen molar-refractivity contribution in [3.63, 3.8) is 0 Å². The summed E-state index contributed by atoms with van der Waals surface area (Å²) in [6, 6.07) is 6.24. The summed E-state index contributed by atoms with van der Waals surface area (Å²) in [5, 5.41) is 3.22. The van der Waals surface area contributed by atoms with Crippen molar-refractivity contribution in [1.82, 2.24) is 14.3 Å². The lowest BCUT2D eigenvalue weighted by molar-refractivity contribution is 0.171. The molecule has 2 aromatic rings. The van der Waals surface area contributed by atoms with Gasteiger partial charge in [0.25, 0.3) is 5.56 Å². The summed E-state index contributed by atoms with van der Waals surface area (Å²) in [4.78, 5) is 19.0. The van der Waals surface area contributed by atoms with Crippen molar-refractivity contribution in [2.24, 2.45) is 0 Å². The molecular weight excluding hydrogens is 396 g/mol. The average molecular weight is 420 g/mol. The summed E-state index contributed by atoms with van der Waals surface area (Å²) in [6.45, 7) is 3.56. The molecule has 0 bridgehead atoms. The van der Waals surface area contributed by atoms with Crippen molar-refractivity contribution in [2.75, 3.05) is 31.6 Å². The van der Waals surface area contributed by atoms with E-state index in [9.17, 15) is 13.2 Å². The molecule has 29 heavy (non-hydrogen) atoms. The first-order chi connectivity index (χ1) is 14.0. The number of nitrogens with one attached hydrogen (secondary N) is 2. The third-order valence-electron chi connectivity index (χ3n) is 5.10. The summed E-state index contributed by atoms with van der Waals surface area (Å²) >= 11 is 0. The van der Waals surface area contributed by atoms with Gasteiger partial charge in [-0.3, -0.25) is 9.78 Å². The Morgan fingerprint density at radius 3 is 2.62 bits per heavy atom. The van der Waals surface area contributed by atoms with Gasteiger partial charge in [-0.1, -0.05) is 6.92 Å². The van der Waals surface area contributed by atoms with E-state index in [1.165, 1.54) is 16.4 Å². The standard InChI is InChI=1S/C19H24N4O5S/c1-2-13-11-18(24)22-19(20-13)21-14-5-7-23(8-6-14)29(25,26)15-3-4-16-17(12-15)28-10-9-27-16/h3-4,11-12,14H,2,5-10H2,1H3,(H2,20,21,22,24). The number of aryl methyl sites for hydroxylation is 1. The third kappa shape index (κ3) is 4.23. The zero-order chi connectivity index (χ0) is 20.4. The Morgan fingerprint density at radius 2 is 1.90 bits per heavy atom. The molecule has 156 valence electrons. The van der Waals surface area contributed by atoms with E-state index < -0.39 is 10.0 Å². The molecule has 3 heterocycles. The molecule has 1 aromatic heterocycles. The number of aromatic amines is 1. The molecule has 0 amide bonds. The first kappa shape index (κ1) is 19.7. The fourth-order valence-corrected chi connectivity index (χ4v) is 5.01. The average Bonchev–Trinajstić information content (AvgIpc) is 2.73. The molecule has 1 saturated heterocycles. The Bertz CT molecular complexity index is 1040. The minimum atomic E-state index is -3.61. The molecule has 10 heteroatoms. The molecule has 4 rings (SSSR count). The summed E-state index contributed by atoms with van der Waals surface area (Å²) in [5.41, 5.74) is 0.521. The summed E-state index contributed by atoms with van der Waals surface area (Å²) in [7, 11) is -3.61. The van der Waals surface area contributed by atoms with Crippen LogP contribution in [0, 0.1) is 0 Å². The fourth-order valence-electron chi connectivity index (χ4n) is 3.52. The minimum Gasteiger partial charge on any atom is -0.486 e. The highest BCUT2D eigenvalue weighted by Crippen LogP contribution is 2.33. The maximum atomic E-state index is 13.0. The zero-order valence-corrected chi connectivity index (χ0v) is 17.0. The zero-order valence-electron chi connectivity index (χ0n) is 16.2. The van der Waals surface area contributed by atoms with Crippen LogP contribution in [0.2, 0.25) is 0 Å². The Morgan fingerprint density at radius 1 is 1.17 bits per heavy atom. The number of sulfonamides is 1. The van der Waals surface area contributed by atoms with Crippen LogP contribution in [0.4, 0.5) is 5.95 Å². The smallest absolute Gasteiger partial charge is 0.252 e. The lowest BCUT2D eigenvalue weighted by Gasteiger charge is -2.32. The molecule has 0 atom stereocenters. The number of hydrogen-bond donors (Lipinski definition) is 2. The highest BCUT2D eigenvalue weighted by molar-refractivity contribution is 7.89. The minimum absolute atomic E-state index is 0.0389. The van der Waals surface area contributed by atoms with E-state index in [1.54, 1.807) is 12.1 Å². The van der Waals surface area contributed by atoms with Crippen molar-refractivity contribution in [3.05, 3.63) is 40.3 Å². The van der Waals surface area contributed by atoms with Gasteiger partial charge in [-0.2, -0.15) is 4.31 Å². The van der Waals surface area contributed by atoms with Crippen molar-refractivity contribution < 1.29 is 17.9 Å². The Labute approximate surface area is 169 Å². The highest BCUT2D eigenvalue weighted by atomic mass is 32.2. The number of nitrogens with zero attached hydrogens (tertiary/aromatic N) is 2. The second-order valence-electron chi connectivity index (χ2n) is 7.07. The summed E-state index contributed by atoms with van der Waals surface area (Å²) in [5.74, 6) is 1.45. The van der Waals surface area contributed by atoms with Crippen molar-refractivity contribution in [2.45, 2.75) is 37.1 Å². The van der Waals surface area contributed by atoms with Crippen LogP contribution >= 0.6 is 0 Å². The van der Waals surface area contributed by atoms with E-state index in [0.29, 0.717) is 63.0 Å². The van der Waals surface area contributed by atoms with Gasteiger partial charge in [0.2, 0.25) is 16.0 Å². The maximum absolute atomic E-state index is 13.0. The van der Waals surface area contributed by atoms with Gasteiger partial charge in [0.1, 0.15) is 13.2 Å². The van der Waals surface area contributed by atoms with Gasteiger partial charge >= 0.3 is 0 Å². The summed E-state index contributed by atoms with van der Waals surface area (Å²) < 4.78 is 38.5. The first-order valence-corrected chi connectivity index (χ1v) is 11.2. The van der Waals surface area contributed by atoms with Crippen molar-refractivity contribution in [1.29, 1.82) is 0 Å². The van der Waals surface area contributed by atoms with E-state index in [0.717, 1.165) is 5.69 Å². The first-order valence-electron chi connectivity index (χ1n) is 9.72. The molecule has 0 saturated carbocycles. The number of benzene rings is 1. The normalized spacial score (nSPS) is 17.8. The van der Waals surface area contributed by atoms with Crippen LogP contribution in [0.1, 0.15) is 25.5 Å². The van der Waals surface area contributed by atoms with E-state index in [1.807, 2.05) is 6.92 Å². The quantitative estimate of drug-likeness (QED) is 0.751. The van der Waals surface area contributed by atoms with E-state index in [4.69, 9.17) is 9.47 Å². The molecule has 0 unspecified atom stereocenters. The number of fused-ring (bicyclic) bond motifs is 1. The number of rotatable bonds is 5.